The van der Waals surface area contributed by atoms with Crippen molar-refractivity contribution in [3.8, 4) is 0 Å². The lowest BCUT2D eigenvalue weighted by Crippen LogP contribution is -2.51. The number of halogens is 1. The highest BCUT2D eigenvalue weighted by Crippen LogP contribution is 2.33. The first-order chi connectivity index (χ1) is 12.2. The minimum atomic E-state index is -0.0290. The van der Waals surface area contributed by atoms with Crippen molar-refractivity contribution in [1.29, 1.82) is 0 Å². The summed E-state index contributed by atoms with van der Waals surface area (Å²) < 4.78 is 4.99. The molecule has 144 valence electrons. The van der Waals surface area contributed by atoms with Gasteiger partial charge in [0.1, 0.15) is 6.26 Å². The minimum absolute atomic E-state index is 0. The first kappa shape index (κ1) is 19.2. The van der Waals surface area contributed by atoms with E-state index in [4.69, 9.17) is 4.42 Å². The molecule has 3 atom stereocenters. The van der Waals surface area contributed by atoms with Gasteiger partial charge in [-0.2, -0.15) is 0 Å². The number of furan rings is 1. The summed E-state index contributed by atoms with van der Waals surface area (Å²) in [4.78, 5) is 26.7. The number of hydrogen-bond acceptors (Lipinski definition) is 4. The maximum absolute atomic E-state index is 12.6. The monoisotopic (exact) mass is 381 g/mol. The molecule has 3 heterocycles. The van der Waals surface area contributed by atoms with Crippen LogP contribution in [0.2, 0.25) is 0 Å². The van der Waals surface area contributed by atoms with Gasteiger partial charge in [-0.3, -0.25) is 9.59 Å². The van der Waals surface area contributed by atoms with Crippen LogP contribution in [0.3, 0.4) is 0 Å². The molecule has 0 spiro atoms. The Morgan fingerprint density at radius 3 is 2.62 bits per heavy atom. The fraction of sp³-hybridized carbons (Fsp3) is 0.684. The number of nitrogens with zero attached hydrogens (tertiary/aromatic N) is 1. The summed E-state index contributed by atoms with van der Waals surface area (Å²) in [5.41, 5.74) is 0.597. The molecule has 2 N–H and O–H groups in total. The highest BCUT2D eigenvalue weighted by molar-refractivity contribution is 5.93. The van der Waals surface area contributed by atoms with Gasteiger partial charge < -0.3 is 20.0 Å². The number of carbonyl (C=O) groups excluding carboxylic acids is 2. The quantitative estimate of drug-likeness (QED) is 0.842. The molecule has 4 rings (SSSR count). The largest absolute Gasteiger partial charge is 0.472 e. The van der Waals surface area contributed by atoms with Gasteiger partial charge in [-0.15, -0.1) is 12.4 Å². The lowest BCUT2D eigenvalue weighted by molar-refractivity contribution is -0.123. The number of hydrogen-bond donors (Lipinski definition) is 2. The van der Waals surface area contributed by atoms with Gasteiger partial charge in [0.2, 0.25) is 5.91 Å². The third kappa shape index (κ3) is 4.07. The van der Waals surface area contributed by atoms with Crippen LogP contribution < -0.4 is 10.6 Å². The standard InChI is InChI=1S/C19H27N3O3.ClH/c23-18(17-11-13-3-1-2-4-16(13)21-17)20-15-5-8-22(9-6-15)19(24)14-7-10-25-12-14;/h7,10,12-13,15-17,21H,1-6,8-9,11H2,(H,20,23);1H. The molecular weight excluding hydrogens is 354 g/mol. The molecule has 1 aliphatic carbocycles. The van der Waals surface area contributed by atoms with Crippen molar-refractivity contribution in [2.45, 2.75) is 63.1 Å². The second-order valence-electron chi connectivity index (χ2n) is 7.69. The summed E-state index contributed by atoms with van der Waals surface area (Å²) in [6.45, 7) is 1.36. The van der Waals surface area contributed by atoms with E-state index < -0.39 is 0 Å². The third-order valence-electron chi connectivity index (χ3n) is 6.08. The van der Waals surface area contributed by atoms with Gasteiger partial charge in [-0.05, 0) is 44.1 Å². The smallest absolute Gasteiger partial charge is 0.257 e. The highest BCUT2D eigenvalue weighted by Gasteiger charge is 2.38. The molecule has 0 aromatic carbocycles. The maximum Gasteiger partial charge on any atom is 0.257 e. The Morgan fingerprint density at radius 2 is 1.92 bits per heavy atom. The van der Waals surface area contributed by atoms with Crippen LogP contribution in [-0.2, 0) is 4.79 Å². The molecule has 2 amide bonds. The topological polar surface area (TPSA) is 74.6 Å². The first-order valence-corrected chi connectivity index (χ1v) is 9.58. The van der Waals surface area contributed by atoms with Gasteiger partial charge in [-0.25, -0.2) is 0 Å². The summed E-state index contributed by atoms with van der Waals surface area (Å²) in [6, 6.07) is 2.38. The fourth-order valence-corrected chi connectivity index (χ4v) is 4.62. The Balaban J connectivity index is 0.00000196. The molecule has 1 aromatic rings. The zero-order valence-electron chi connectivity index (χ0n) is 15.0. The number of fused-ring (bicyclic) bond motifs is 1. The molecule has 2 saturated heterocycles. The van der Waals surface area contributed by atoms with Crippen molar-refractivity contribution in [1.82, 2.24) is 15.5 Å². The Hall–Kier alpha value is -1.53. The summed E-state index contributed by atoms with van der Waals surface area (Å²) in [5.74, 6) is 0.841. The number of carbonyl (C=O) groups is 2. The van der Waals surface area contributed by atoms with Crippen LogP contribution in [-0.4, -0.2) is 47.9 Å². The summed E-state index contributed by atoms with van der Waals surface area (Å²) in [7, 11) is 0. The van der Waals surface area contributed by atoms with Crippen molar-refractivity contribution in [3.63, 3.8) is 0 Å². The summed E-state index contributed by atoms with van der Waals surface area (Å²) in [5, 5.41) is 6.75. The molecular formula is C19H28ClN3O3. The Kier molecular flexibility index (Phi) is 6.24. The number of amides is 2. The molecule has 3 fully saturated rings. The Labute approximate surface area is 160 Å². The van der Waals surface area contributed by atoms with E-state index in [0.717, 1.165) is 19.3 Å². The molecule has 7 heteroatoms. The van der Waals surface area contributed by atoms with E-state index >= 15 is 0 Å². The summed E-state index contributed by atoms with van der Waals surface area (Å²) in [6.07, 6.45) is 10.7. The van der Waals surface area contributed by atoms with E-state index in [1.165, 1.54) is 38.2 Å². The third-order valence-corrected chi connectivity index (χ3v) is 6.08. The normalized spacial score (nSPS) is 28.9. The second kappa shape index (κ2) is 8.44. The zero-order chi connectivity index (χ0) is 17.2. The SMILES string of the molecule is Cl.O=C(NC1CCN(C(=O)c2ccoc2)CC1)C1CC2CCCCC2N1. The molecule has 0 bridgehead atoms. The number of nitrogens with one attached hydrogen (secondary N) is 2. The maximum atomic E-state index is 12.6. The highest BCUT2D eigenvalue weighted by atomic mass is 35.5. The lowest BCUT2D eigenvalue weighted by Gasteiger charge is -2.32. The molecule has 3 aliphatic rings. The van der Waals surface area contributed by atoms with Gasteiger partial charge >= 0.3 is 0 Å². The summed E-state index contributed by atoms with van der Waals surface area (Å²) >= 11 is 0. The molecule has 6 nitrogen and oxygen atoms in total. The average Bonchev–Trinajstić information content (AvgIpc) is 3.31. The van der Waals surface area contributed by atoms with E-state index in [-0.39, 0.29) is 36.3 Å². The Morgan fingerprint density at radius 1 is 1.15 bits per heavy atom. The average molecular weight is 382 g/mol. The van der Waals surface area contributed by atoms with E-state index in [1.807, 2.05) is 4.90 Å². The molecule has 1 saturated carbocycles. The predicted molar refractivity (Wildman–Crippen MR) is 100 cm³/mol. The number of rotatable bonds is 3. The number of piperidine rings is 1. The molecule has 0 radical (unpaired) electrons. The van der Waals surface area contributed by atoms with E-state index in [0.29, 0.717) is 30.6 Å². The number of likely N-dealkylation sites (tertiary alicyclic amines) is 1. The van der Waals surface area contributed by atoms with Crippen LogP contribution >= 0.6 is 12.4 Å². The van der Waals surface area contributed by atoms with Gasteiger partial charge in [0.25, 0.3) is 5.91 Å². The van der Waals surface area contributed by atoms with E-state index in [1.54, 1.807) is 6.07 Å². The fourth-order valence-electron chi connectivity index (χ4n) is 4.62. The molecule has 2 aliphatic heterocycles. The predicted octanol–water partition coefficient (Wildman–Crippen LogP) is 2.34. The van der Waals surface area contributed by atoms with Crippen LogP contribution in [0.25, 0.3) is 0 Å². The van der Waals surface area contributed by atoms with Gasteiger partial charge in [-0.1, -0.05) is 12.8 Å². The van der Waals surface area contributed by atoms with E-state index in [9.17, 15) is 9.59 Å². The first-order valence-electron chi connectivity index (χ1n) is 9.58. The van der Waals surface area contributed by atoms with Crippen LogP contribution in [0.5, 0.6) is 0 Å². The van der Waals surface area contributed by atoms with Gasteiger partial charge in [0, 0.05) is 25.2 Å². The van der Waals surface area contributed by atoms with Crippen molar-refractivity contribution in [2.24, 2.45) is 5.92 Å². The molecule has 1 aromatic heterocycles. The van der Waals surface area contributed by atoms with Crippen molar-refractivity contribution in [3.05, 3.63) is 24.2 Å². The van der Waals surface area contributed by atoms with E-state index in [2.05, 4.69) is 10.6 Å². The van der Waals surface area contributed by atoms with Gasteiger partial charge in [0.05, 0.1) is 17.9 Å². The lowest BCUT2D eigenvalue weighted by atomic mass is 9.85. The Bertz CT molecular complexity index is 600. The van der Waals surface area contributed by atoms with Crippen LogP contribution in [0, 0.1) is 5.92 Å². The van der Waals surface area contributed by atoms with Crippen LogP contribution in [0.15, 0.2) is 23.0 Å². The minimum Gasteiger partial charge on any atom is -0.472 e. The van der Waals surface area contributed by atoms with Crippen LogP contribution in [0.1, 0.15) is 55.3 Å². The molecule has 26 heavy (non-hydrogen) atoms. The van der Waals surface area contributed by atoms with Crippen molar-refractivity contribution in [2.75, 3.05) is 13.1 Å². The molecule has 3 unspecified atom stereocenters. The van der Waals surface area contributed by atoms with Crippen molar-refractivity contribution >= 4 is 24.2 Å². The zero-order valence-corrected chi connectivity index (χ0v) is 15.8. The second-order valence-corrected chi connectivity index (χ2v) is 7.69. The van der Waals surface area contributed by atoms with Gasteiger partial charge in [0.15, 0.2) is 0 Å². The van der Waals surface area contributed by atoms with Crippen LogP contribution in [0.4, 0.5) is 0 Å². The van der Waals surface area contributed by atoms with Crippen molar-refractivity contribution < 1.29 is 14.0 Å².